The van der Waals surface area contributed by atoms with Gasteiger partial charge in [0.25, 0.3) is 5.56 Å². The van der Waals surface area contributed by atoms with Gasteiger partial charge in [0, 0.05) is 12.1 Å². The fraction of sp³-hybridized carbons (Fsp3) is 0.588. The van der Waals surface area contributed by atoms with E-state index in [1.54, 1.807) is 10.9 Å². The van der Waals surface area contributed by atoms with Gasteiger partial charge in [-0.05, 0) is 50.5 Å². The molecule has 6 nitrogen and oxygen atoms in total. The summed E-state index contributed by atoms with van der Waals surface area (Å²) in [5, 5.41) is 8.16. The van der Waals surface area contributed by atoms with E-state index in [0.717, 1.165) is 62.0 Å². The van der Waals surface area contributed by atoms with Gasteiger partial charge in [-0.15, -0.1) is 0 Å². The second-order valence-electron chi connectivity index (χ2n) is 6.61. The molecule has 0 aliphatic heterocycles. The highest BCUT2D eigenvalue weighted by atomic mass is 16.3. The van der Waals surface area contributed by atoms with Crippen molar-refractivity contribution in [1.82, 2.24) is 20.1 Å². The molecule has 6 heteroatoms. The number of aryl methyl sites for hydroxylation is 2. The summed E-state index contributed by atoms with van der Waals surface area (Å²) in [4.78, 5) is 16.2. The number of nitrogens with zero attached hydrogens (tertiary/aromatic N) is 3. The minimum atomic E-state index is 0.0729. The number of aromatic nitrogens is 3. The van der Waals surface area contributed by atoms with Crippen LogP contribution >= 0.6 is 0 Å². The maximum Gasteiger partial charge on any atom is 0.267 e. The Labute approximate surface area is 134 Å². The van der Waals surface area contributed by atoms with Crippen LogP contribution in [-0.4, -0.2) is 20.8 Å². The minimum absolute atomic E-state index is 0.0729. The molecule has 2 aliphatic rings. The summed E-state index contributed by atoms with van der Waals surface area (Å²) in [7, 11) is 0. The first-order chi connectivity index (χ1) is 11.3. The Hall–Kier alpha value is -1.95. The van der Waals surface area contributed by atoms with Crippen LogP contribution in [0.3, 0.4) is 0 Å². The van der Waals surface area contributed by atoms with Gasteiger partial charge in [-0.2, -0.15) is 5.10 Å². The number of nitrogens with one attached hydrogen (secondary N) is 1. The molecule has 1 saturated carbocycles. The first kappa shape index (κ1) is 14.6. The van der Waals surface area contributed by atoms with Crippen molar-refractivity contribution in [2.24, 2.45) is 0 Å². The van der Waals surface area contributed by atoms with Crippen LogP contribution in [0.15, 0.2) is 27.9 Å². The van der Waals surface area contributed by atoms with Crippen LogP contribution in [0.1, 0.15) is 55.2 Å². The van der Waals surface area contributed by atoms with Crippen LogP contribution in [0.4, 0.5) is 0 Å². The summed E-state index contributed by atoms with van der Waals surface area (Å²) in [5.41, 5.74) is 2.37. The monoisotopic (exact) mass is 314 g/mol. The van der Waals surface area contributed by atoms with Crippen LogP contribution in [0.5, 0.6) is 0 Å². The highest BCUT2D eigenvalue weighted by Crippen LogP contribution is 2.28. The molecule has 0 spiro atoms. The lowest BCUT2D eigenvalue weighted by atomic mass is 9.91. The molecule has 0 bridgehead atoms. The molecule has 4 rings (SSSR count). The topological polar surface area (TPSA) is 73.0 Å². The fourth-order valence-corrected chi connectivity index (χ4v) is 3.78. The van der Waals surface area contributed by atoms with E-state index < -0.39 is 0 Å². The standard InChI is InChI=1S/C17H22N4O2/c22-17-8-12-2-1-3-16(12)20-21(17)14-6-4-13(5-7-14)19-10-15-9-18-11-23-15/h8-9,11,13-14,19H,1-7,10H2. The van der Waals surface area contributed by atoms with Gasteiger partial charge in [0.1, 0.15) is 5.76 Å². The van der Waals surface area contributed by atoms with Crippen molar-refractivity contribution in [2.75, 3.05) is 0 Å². The lowest BCUT2D eigenvalue weighted by Crippen LogP contribution is -2.36. The van der Waals surface area contributed by atoms with E-state index in [4.69, 9.17) is 4.42 Å². The number of rotatable bonds is 4. The molecule has 0 amide bonds. The zero-order valence-corrected chi connectivity index (χ0v) is 13.2. The maximum absolute atomic E-state index is 12.3. The number of hydrogen-bond donors (Lipinski definition) is 1. The lowest BCUT2D eigenvalue weighted by Gasteiger charge is -2.29. The van der Waals surface area contributed by atoms with Gasteiger partial charge in [-0.1, -0.05) is 0 Å². The third kappa shape index (κ3) is 3.08. The number of fused-ring (bicyclic) bond motifs is 1. The molecule has 1 N–H and O–H groups in total. The molecule has 2 heterocycles. The molecular formula is C17H22N4O2. The molecular weight excluding hydrogens is 292 g/mol. The lowest BCUT2D eigenvalue weighted by molar-refractivity contribution is 0.264. The summed E-state index contributed by atoms with van der Waals surface area (Å²) in [5.74, 6) is 0.864. The van der Waals surface area contributed by atoms with Crippen molar-refractivity contribution in [1.29, 1.82) is 0 Å². The van der Waals surface area contributed by atoms with Crippen molar-refractivity contribution < 1.29 is 4.42 Å². The molecule has 122 valence electrons. The van der Waals surface area contributed by atoms with Crippen molar-refractivity contribution in [3.8, 4) is 0 Å². The minimum Gasteiger partial charge on any atom is -0.447 e. The van der Waals surface area contributed by atoms with Crippen LogP contribution in [0, 0.1) is 0 Å². The van der Waals surface area contributed by atoms with E-state index in [1.165, 1.54) is 6.39 Å². The predicted octanol–water partition coefficient (Wildman–Crippen LogP) is 1.99. The van der Waals surface area contributed by atoms with Gasteiger partial charge in [0.2, 0.25) is 0 Å². The smallest absolute Gasteiger partial charge is 0.267 e. The van der Waals surface area contributed by atoms with Crippen molar-refractivity contribution >= 4 is 0 Å². The van der Waals surface area contributed by atoms with Gasteiger partial charge >= 0.3 is 0 Å². The zero-order valence-electron chi connectivity index (χ0n) is 13.2. The first-order valence-electron chi connectivity index (χ1n) is 8.52. The molecule has 0 atom stereocenters. The average molecular weight is 314 g/mol. The van der Waals surface area contributed by atoms with Crippen molar-refractivity contribution in [3.05, 3.63) is 46.0 Å². The SMILES string of the molecule is O=c1cc2c(nn1C1CCC(NCc3cnco3)CC1)CCC2. The third-order valence-electron chi connectivity index (χ3n) is 5.07. The molecule has 0 aromatic carbocycles. The molecule has 0 unspecified atom stereocenters. The Morgan fingerprint density at radius 1 is 1.26 bits per heavy atom. The first-order valence-corrected chi connectivity index (χ1v) is 8.52. The van der Waals surface area contributed by atoms with Crippen molar-refractivity contribution in [3.63, 3.8) is 0 Å². The van der Waals surface area contributed by atoms with E-state index in [9.17, 15) is 4.79 Å². The highest BCUT2D eigenvalue weighted by molar-refractivity contribution is 5.22. The summed E-state index contributed by atoms with van der Waals surface area (Å²) < 4.78 is 6.99. The third-order valence-corrected chi connectivity index (χ3v) is 5.07. The summed E-state index contributed by atoms with van der Waals surface area (Å²) >= 11 is 0. The highest BCUT2D eigenvalue weighted by Gasteiger charge is 2.25. The van der Waals surface area contributed by atoms with Crippen molar-refractivity contribution in [2.45, 2.75) is 63.6 Å². The Morgan fingerprint density at radius 3 is 2.91 bits per heavy atom. The van der Waals surface area contributed by atoms with Gasteiger partial charge in [-0.25, -0.2) is 9.67 Å². The molecule has 2 aromatic rings. The molecule has 0 radical (unpaired) electrons. The maximum atomic E-state index is 12.3. The van der Waals surface area contributed by atoms with Crippen LogP contribution in [-0.2, 0) is 19.4 Å². The van der Waals surface area contributed by atoms with Gasteiger partial charge in [-0.3, -0.25) is 4.79 Å². The number of oxazole rings is 1. The van der Waals surface area contributed by atoms with Gasteiger partial charge in [0.15, 0.2) is 6.39 Å². The van der Waals surface area contributed by atoms with Crippen LogP contribution < -0.4 is 10.9 Å². The molecule has 1 fully saturated rings. The van der Waals surface area contributed by atoms with Crippen LogP contribution in [0.2, 0.25) is 0 Å². The Kier molecular flexibility index (Phi) is 3.99. The number of hydrogen-bond acceptors (Lipinski definition) is 5. The van der Waals surface area contributed by atoms with E-state index in [2.05, 4.69) is 15.4 Å². The van der Waals surface area contributed by atoms with E-state index in [0.29, 0.717) is 12.6 Å². The zero-order chi connectivity index (χ0) is 15.6. The van der Waals surface area contributed by atoms with E-state index in [1.807, 2.05) is 6.07 Å². The Balaban J connectivity index is 1.37. The predicted molar refractivity (Wildman–Crippen MR) is 85.2 cm³/mol. The normalized spacial score (nSPS) is 23.8. The summed E-state index contributed by atoms with van der Waals surface area (Å²) in [6.45, 7) is 0.715. The van der Waals surface area contributed by atoms with E-state index in [-0.39, 0.29) is 11.6 Å². The largest absolute Gasteiger partial charge is 0.447 e. The summed E-state index contributed by atoms with van der Waals surface area (Å²) in [6, 6.07) is 2.53. The average Bonchev–Trinajstić information content (AvgIpc) is 3.24. The second kappa shape index (κ2) is 6.28. The molecule has 2 aromatic heterocycles. The molecule has 0 saturated heterocycles. The van der Waals surface area contributed by atoms with Gasteiger partial charge in [0.05, 0.1) is 24.5 Å². The summed E-state index contributed by atoms with van der Waals surface area (Å²) in [6.07, 6.45) is 10.5. The Bertz CT molecular complexity index is 715. The fourth-order valence-electron chi connectivity index (χ4n) is 3.78. The van der Waals surface area contributed by atoms with E-state index >= 15 is 0 Å². The molecule has 23 heavy (non-hydrogen) atoms. The Morgan fingerprint density at radius 2 is 2.13 bits per heavy atom. The second-order valence-corrected chi connectivity index (χ2v) is 6.61. The van der Waals surface area contributed by atoms with Crippen LogP contribution in [0.25, 0.3) is 0 Å². The molecule has 2 aliphatic carbocycles. The quantitative estimate of drug-likeness (QED) is 0.934. The van der Waals surface area contributed by atoms with Gasteiger partial charge < -0.3 is 9.73 Å².